The van der Waals surface area contributed by atoms with Crippen molar-refractivity contribution < 1.29 is 4.74 Å². The Bertz CT molecular complexity index is 993. The molecular weight excluding hydrogens is 330 g/mol. The van der Waals surface area contributed by atoms with Crippen LogP contribution in [-0.4, -0.2) is 37.7 Å². The number of ether oxygens (including phenoxy) is 1. The van der Waals surface area contributed by atoms with Gasteiger partial charge in [0.1, 0.15) is 23.8 Å². The van der Waals surface area contributed by atoms with Gasteiger partial charge in [-0.2, -0.15) is 10.1 Å². The summed E-state index contributed by atoms with van der Waals surface area (Å²) in [6.45, 7) is 3.11. The van der Waals surface area contributed by atoms with Crippen molar-refractivity contribution in [2.24, 2.45) is 0 Å². The molecule has 0 saturated carbocycles. The largest absolute Gasteiger partial charge is 0.492 e. The van der Waals surface area contributed by atoms with Crippen molar-refractivity contribution in [3.05, 3.63) is 60.6 Å². The second-order valence-electron chi connectivity index (χ2n) is 5.77. The van der Waals surface area contributed by atoms with E-state index in [9.17, 15) is 0 Å². The summed E-state index contributed by atoms with van der Waals surface area (Å²) in [4.78, 5) is 8.96. The third kappa shape index (κ3) is 3.59. The van der Waals surface area contributed by atoms with Gasteiger partial charge in [0.15, 0.2) is 5.82 Å². The molecule has 0 fully saturated rings. The van der Waals surface area contributed by atoms with Crippen LogP contribution >= 0.6 is 0 Å². The van der Waals surface area contributed by atoms with E-state index in [-0.39, 0.29) is 0 Å². The second kappa shape index (κ2) is 7.14. The fourth-order valence-electron chi connectivity index (χ4n) is 2.56. The van der Waals surface area contributed by atoms with Crippen molar-refractivity contribution in [3.8, 4) is 5.75 Å². The minimum atomic E-state index is 0.534. The van der Waals surface area contributed by atoms with E-state index >= 15 is 0 Å². The van der Waals surface area contributed by atoms with Gasteiger partial charge < -0.3 is 15.4 Å². The average Bonchev–Trinajstić information content (AvgIpc) is 3.28. The highest BCUT2D eigenvalue weighted by molar-refractivity contribution is 5.59. The Labute approximate surface area is 150 Å². The third-order valence-electron chi connectivity index (χ3n) is 3.76. The number of aromatic amines is 1. The van der Waals surface area contributed by atoms with Crippen molar-refractivity contribution >= 4 is 23.2 Å². The highest BCUT2D eigenvalue weighted by Gasteiger charge is 2.08. The monoisotopic (exact) mass is 349 g/mol. The summed E-state index contributed by atoms with van der Waals surface area (Å²) in [5, 5.41) is 13.6. The van der Waals surface area contributed by atoms with Gasteiger partial charge in [0.2, 0.25) is 5.95 Å². The zero-order valence-electron chi connectivity index (χ0n) is 14.3. The summed E-state index contributed by atoms with van der Waals surface area (Å²) in [6.07, 6.45) is 3.59. The van der Waals surface area contributed by atoms with Crippen LogP contribution in [0.3, 0.4) is 0 Å². The van der Waals surface area contributed by atoms with E-state index in [2.05, 4.69) is 30.8 Å². The molecule has 0 bridgehead atoms. The maximum absolute atomic E-state index is 5.69. The fourth-order valence-corrected chi connectivity index (χ4v) is 2.56. The van der Waals surface area contributed by atoms with E-state index in [0.29, 0.717) is 24.9 Å². The topological polar surface area (TPSA) is 92.2 Å². The summed E-state index contributed by atoms with van der Waals surface area (Å²) >= 11 is 0. The number of fused-ring (bicyclic) bond motifs is 1. The van der Waals surface area contributed by atoms with Crippen molar-refractivity contribution in [1.82, 2.24) is 24.6 Å². The molecule has 0 saturated heterocycles. The van der Waals surface area contributed by atoms with Gasteiger partial charge in [-0.3, -0.25) is 9.50 Å². The first-order valence-electron chi connectivity index (χ1n) is 8.33. The fraction of sp³-hybridized carbons (Fsp3) is 0.167. The lowest BCUT2D eigenvalue weighted by atomic mass is 10.3. The molecule has 0 radical (unpaired) electrons. The van der Waals surface area contributed by atoms with E-state index in [1.165, 1.54) is 0 Å². The Kier molecular flexibility index (Phi) is 4.38. The molecule has 0 unspecified atom stereocenters. The van der Waals surface area contributed by atoms with Gasteiger partial charge in [0.25, 0.3) is 0 Å². The number of para-hydroxylation sites is 1. The van der Waals surface area contributed by atoms with Crippen molar-refractivity contribution in [2.45, 2.75) is 6.92 Å². The van der Waals surface area contributed by atoms with E-state index in [1.807, 2.05) is 60.0 Å². The molecule has 4 aromatic rings. The molecule has 0 aliphatic carbocycles. The molecule has 0 atom stereocenters. The lowest BCUT2D eigenvalue weighted by Gasteiger charge is -2.11. The van der Waals surface area contributed by atoms with Gasteiger partial charge in [-0.1, -0.05) is 18.2 Å². The van der Waals surface area contributed by atoms with Gasteiger partial charge in [-0.05, 0) is 19.1 Å². The van der Waals surface area contributed by atoms with Crippen LogP contribution in [0.5, 0.6) is 5.75 Å². The van der Waals surface area contributed by atoms with Crippen LogP contribution in [0.25, 0.3) is 5.65 Å². The van der Waals surface area contributed by atoms with E-state index < -0.39 is 0 Å². The zero-order chi connectivity index (χ0) is 17.8. The Balaban J connectivity index is 1.45. The molecule has 26 heavy (non-hydrogen) atoms. The number of H-pyrrole nitrogens is 1. The van der Waals surface area contributed by atoms with Gasteiger partial charge in [0, 0.05) is 30.2 Å². The molecule has 3 aromatic heterocycles. The molecule has 0 spiro atoms. The number of imidazole rings is 1. The lowest BCUT2D eigenvalue weighted by Crippen LogP contribution is -2.13. The normalized spacial score (nSPS) is 10.8. The van der Waals surface area contributed by atoms with Crippen LogP contribution in [0, 0.1) is 6.92 Å². The number of hydrogen-bond donors (Lipinski definition) is 3. The molecule has 132 valence electrons. The van der Waals surface area contributed by atoms with Crippen LogP contribution in [0.2, 0.25) is 0 Å². The van der Waals surface area contributed by atoms with E-state index in [1.54, 1.807) is 6.20 Å². The molecule has 0 aliphatic heterocycles. The van der Waals surface area contributed by atoms with Gasteiger partial charge in [0.05, 0.1) is 6.54 Å². The minimum absolute atomic E-state index is 0.534. The summed E-state index contributed by atoms with van der Waals surface area (Å²) in [5.41, 5.74) is 1.77. The summed E-state index contributed by atoms with van der Waals surface area (Å²) in [5.74, 6) is 2.91. The number of anilines is 3. The Morgan fingerprint density at radius 1 is 1.15 bits per heavy atom. The predicted octanol–water partition coefficient (Wildman–Crippen LogP) is 3.00. The third-order valence-corrected chi connectivity index (χ3v) is 3.76. The first kappa shape index (κ1) is 15.9. The molecular formula is C18H19N7O. The summed E-state index contributed by atoms with van der Waals surface area (Å²) in [7, 11) is 0. The number of nitrogens with one attached hydrogen (secondary N) is 3. The maximum Gasteiger partial charge on any atom is 0.216 e. The number of benzene rings is 1. The molecule has 0 aliphatic rings. The van der Waals surface area contributed by atoms with Crippen LogP contribution in [-0.2, 0) is 0 Å². The quantitative estimate of drug-likeness (QED) is 0.444. The smallest absolute Gasteiger partial charge is 0.216 e. The molecule has 4 rings (SSSR count). The Morgan fingerprint density at radius 3 is 2.85 bits per heavy atom. The van der Waals surface area contributed by atoms with Gasteiger partial charge in [-0.15, -0.1) is 0 Å². The van der Waals surface area contributed by atoms with Gasteiger partial charge in [-0.25, -0.2) is 4.98 Å². The Hall–Kier alpha value is -3.55. The van der Waals surface area contributed by atoms with Gasteiger partial charge >= 0.3 is 0 Å². The van der Waals surface area contributed by atoms with Crippen molar-refractivity contribution in [1.29, 1.82) is 0 Å². The molecule has 3 heterocycles. The van der Waals surface area contributed by atoms with E-state index in [0.717, 1.165) is 22.9 Å². The first-order valence-corrected chi connectivity index (χ1v) is 8.33. The lowest BCUT2D eigenvalue weighted by molar-refractivity contribution is 0.333. The summed E-state index contributed by atoms with van der Waals surface area (Å²) < 4.78 is 7.56. The van der Waals surface area contributed by atoms with Crippen LogP contribution < -0.4 is 15.4 Å². The number of rotatable bonds is 7. The molecule has 8 nitrogen and oxygen atoms in total. The first-order chi connectivity index (χ1) is 12.8. The molecule has 0 amide bonds. The highest BCUT2D eigenvalue weighted by atomic mass is 16.5. The number of aromatic nitrogens is 5. The zero-order valence-corrected chi connectivity index (χ0v) is 14.3. The molecule has 8 heteroatoms. The van der Waals surface area contributed by atoms with Crippen molar-refractivity contribution in [2.75, 3.05) is 23.8 Å². The molecule has 1 aromatic carbocycles. The second-order valence-corrected chi connectivity index (χ2v) is 5.77. The highest BCUT2D eigenvalue weighted by Crippen LogP contribution is 2.18. The minimum Gasteiger partial charge on any atom is -0.492 e. The van der Waals surface area contributed by atoms with Crippen molar-refractivity contribution in [3.63, 3.8) is 0 Å². The number of nitrogens with zero attached hydrogens (tertiary/aromatic N) is 4. The average molecular weight is 349 g/mol. The van der Waals surface area contributed by atoms with Crippen LogP contribution in [0.15, 0.2) is 54.9 Å². The number of hydrogen-bond acceptors (Lipinski definition) is 6. The molecule has 3 N–H and O–H groups in total. The Morgan fingerprint density at radius 2 is 2.04 bits per heavy atom. The predicted molar refractivity (Wildman–Crippen MR) is 100 cm³/mol. The standard InChI is InChI=1S/C18H19N7O/c1-13-11-16(24-23-13)22-18-21-15(12-17-20-7-9-25(17)18)19-8-10-26-14-5-3-2-4-6-14/h2-7,9,11-12,19H,8,10H2,1H3,(H2,21,22,23,24). The summed E-state index contributed by atoms with van der Waals surface area (Å²) in [6, 6.07) is 13.5. The number of aryl methyl sites for hydroxylation is 1. The van der Waals surface area contributed by atoms with Crippen LogP contribution in [0.1, 0.15) is 5.69 Å². The van der Waals surface area contributed by atoms with Crippen LogP contribution in [0.4, 0.5) is 17.6 Å². The maximum atomic E-state index is 5.69. The SMILES string of the molecule is Cc1cc(Nc2nc(NCCOc3ccccc3)cc3nccn23)n[nH]1. The van der Waals surface area contributed by atoms with E-state index in [4.69, 9.17) is 4.74 Å².